The lowest BCUT2D eigenvalue weighted by molar-refractivity contribution is 0.227. The van der Waals surface area contributed by atoms with Crippen molar-refractivity contribution in [2.45, 2.75) is 24.8 Å². The van der Waals surface area contributed by atoms with Crippen molar-refractivity contribution in [2.75, 3.05) is 6.61 Å². The third-order valence-corrected chi connectivity index (χ3v) is 4.11. The molecule has 1 aromatic carbocycles. The molecule has 0 aliphatic rings. The van der Waals surface area contributed by atoms with Gasteiger partial charge in [0.05, 0.1) is 23.1 Å². The maximum Gasteiger partial charge on any atom is 0.240 e. The van der Waals surface area contributed by atoms with E-state index < -0.39 is 16.1 Å². The molecule has 0 amide bonds. The van der Waals surface area contributed by atoms with E-state index in [9.17, 15) is 8.42 Å². The molecule has 1 atom stereocenters. The summed E-state index contributed by atoms with van der Waals surface area (Å²) in [5, 5.41) is 17.8. The molecule has 98 valence electrons. The molecule has 1 aromatic rings. The van der Waals surface area contributed by atoms with Gasteiger partial charge < -0.3 is 5.11 Å². The Morgan fingerprint density at radius 3 is 2.28 bits per heavy atom. The Morgan fingerprint density at radius 1 is 1.33 bits per heavy atom. The molecule has 0 heterocycles. The fourth-order valence-corrected chi connectivity index (χ4v) is 2.74. The lowest BCUT2D eigenvalue weighted by Gasteiger charge is -2.19. The first-order valence-corrected chi connectivity index (χ1v) is 7.02. The zero-order chi connectivity index (χ0) is 13.8. The van der Waals surface area contributed by atoms with Gasteiger partial charge in [0.2, 0.25) is 10.0 Å². The fraction of sp³-hybridized carbons (Fsp3) is 0.417. The molecule has 5 nitrogen and oxygen atoms in total. The molecule has 0 spiro atoms. The largest absolute Gasteiger partial charge is 0.395 e. The van der Waals surface area contributed by atoms with E-state index in [1.54, 1.807) is 0 Å². The van der Waals surface area contributed by atoms with Gasteiger partial charge >= 0.3 is 0 Å². The summed E-state index contributed by atoms with van der Waals surface area (Å²) in [4.78, 5) is 0.0839. The summed E-state index contributed by atoms with van der Waals surface area (Å²) in [6, 6.07) is 7.02. The number of aliphatic hydroxyl groups is 1. The van der Waals surface area contributed by atoms with E-state index in [1.807, 2.05) is 19.9 Å². The molecule has 0 radical (unpaired) electrons. The topological polar surface area (TPSA) is 90.2 Å². The van der Waals surface area contributed by atoms with E-state index in [4.69, 9.17) is 10.4 Å². The zero-order valence-corrected chi connectivity index (χ0v) is 11.1. The number of nitriles is 1. The summed E-state index contributed by atoms with van der Waals surface area (Å²) in [5.41, 5.74) is 0.400. The number of hydrogen-bond acceptors (Lipinski definition) is 4. The monoisotopic (exact) mass is 268 g/mol. The van der Waals surface area contributed by atoms with Gasteiger partial charge in [-0.1, -0.05) is 13.8 Å². The van der Waals surface area contributed by atoms with Gasteiger partial charge in [0.25, 0.3) is 0 Å². The molecule has 0 aliphatic heterocycles. The molecule has 1 rings (SSSR count). The number of sulfonamides is 1. The SMILES string of the molecule is CC(C)[C@@H](CO)NS(=O)(=O)c1ccc(C#N)cc1. The first-order chi connectivity index (χ1) is 8.40. The molecule has 0 saturated heterocycles. The Morgan fingerprint density at radius 2 is 1.89 bits per heavy atom. The van der Waals surface area contributed by atoms with Crippen LogP contribution in [-0.2, 0) is 10.0 Å². The molecule has 0 bridgehead atoms. The highest BCUT2D eigenvalue weighted by Gasteiger charge is 2.21. The van der Waals surface area contributed by atoms with Crippen molar-refractivity contribution >= 4 is 10.0 Å². The maximum atomic E-state index is 12.0. The van der Waals surface area contributed by atoms with Gasteiger partial charge in [-0.3, -0.25) is 0 Å². The predicted molar refractivity (Wildman–Crippen MR) is 67.2 cm³/mol. The molecular formula is C12H16N2O3S. The smallest absolute Gasteiger partial charge is 0.240 e. The highest BCUT2D eigenvalue weighted by atomic mass is 32.2. The van der Waals surface area contributed by atoms with Crippen molar-refractivity contribution in [3.05, 3.63) is 29.8 Å². The molecular weight excluding hydrogens is 252 g/mol. The summed E-state index contributed by atoms with van der Waals surface area (Å²) < 4.78 is 26.4. The summed E-state index contributed by atoms with van der Waals surface area (Å²) in [6.45, 7) is 3.39. The van der Waals surface area contributed by atoms with Crippen LogP contribution in [-0.4, -0.2) is 26.2 Å². The van der Waals surface area contributed by atoms with E-state index in [0.29, 0.717) is 5.56 Å². The number of nitrogens with one attached hydrogen (secondary N) is 1. The van der Waals surface area contributed by atoms with Crippen LogP contribution >= 0.6 is 0 Å². The lowest BCUT2D eigenvalue weighted by atomic mass is 10.1. The van der Waals surface area contributed by atoms with Crippen LogP contribution in [0.15, 0.2) is 29.2 Å². The Kier molecular flexibility index (Phi) is 4.84. The Hall–Kier alpha value is -1.42. The normalized spacial score (nSPS) is 13.3. The molecule has 6 heteroatoms. The average molecular weight is 268 g/mol. The Labute approximate surface area is 107 Å². The summed E-state index contributed by atoms with van der Waals surface area (Å²) in [7, 11) is -3.66. The van der Waals surface area contributed by atoms with Crippen molar-refractivity contribution in [1.29, 1.82) is 5.26 Å². The van der Waals surface area contributed by atoms with Crippen LogP contribution in [0.1, 0.15) is 19.4 Å². The molecule has 0 fully saturated rings. The van der Waals surface area contributed by atoms with Crippen LogP contribution in [0.25, 0.3) is 0 Å². The quantitative estimate of drug-likeness (QED) is 0.828. The van der Waals surface area contributed by atoms with Gasteiger partial charge in [-0.2, -0.15) is 5.26 Å². The van der Waals surface area contributed by atoms with Crippen LogP contribution in [0.4, 0.5) is 0 Å². The van der Waals surface area contributed by atoms with Gasteiger partial charge in [0.15, 0.2) is 0 Å². The summed E-state index contributed by atoms with van der Waals surface area (Å²) in [6.07, 6.45) is 0. The highest BCUT2D eigenvalue weighted by Crippen LogP contribution is 2.12. The number of hydrogen-bond donors (Lipinski definition) is 2. The van der Waals surface area contributed by atoms with Crippen molar-refractivity contribution in [3.8, 4) is 6.07 Å². The predicted octanol–water partition coefficient (Wildman–Crippen LogP) is 0.853. The second kappa shape index (κ2) is 5.96. The van der Waals surface area contributed by atoms with Gasteiger partial charge in [0.1, 0.15) is 0 Å². The van der Waals surface area contributed by atoms with Crippen molar-refractivity contribution in [2.24, 2.45) is 5.92 Å². The standard InChI is InChI=1S/C12H16N2O3S/c1-9(2)12(8-15)14-18(16,17)11-5-3-10(7-13)4-6-11/h3-6,9,12,14-15H,8H2,1-2H3/t12-/m1/s1. The van der Waals surface area contributed by atoms with Crippen LogP contribution in [0, 0.1) is 17.2 Å². The van der Waals surface area contributed by atoms with E-state index >= 15 is 0 Å². The van der Waals surface area contributed by atoms with Gasteiger partial charge in [-0.15, -0.1) is 0 Å². The van der Waals surface area contributed by atoms with Crippen LogP contribution < -0.4 is 4.72 Å². The van der Waals surface area contributed by atoms with Gasteiger partial charge in [-0.25, -0.2) is 13.1 Å². The number of rotatable bonds is 5. The molecule has 18 heavy (non-hydrogen) atoms. The summed E-state index contributed by atoms with van der Waals surface area (Å²) in [5.74, 6) is -0.0110. The maximum absolute atomic E-state index is 12.0. The second-order valence-electron chi connectivity index (χ2n) is 4.29. The lowest BCUT2D eigenvalue weighted by Crippen LogP contribution is -2.41. The minimum atomic E-state index is -3.66. The number of nitrogens with zero attached hydrogens (tertiary/aromatic N) is 1. The van der Waals surface area contributed by atoms with E-state index in [1.165, 1.54) is 24.3 Å². The van der Waals surface area contributed by atoms with Gasteiger partial charge in [-0.05, 0) is 30.2 Å². The zero-order valence-electron chi connectivity index (χ0n) is 10.3. The van der Waals surface area contributed by atoms with E-state index in [0.717, 1.165) is 0 Å². The van der Waals surface area contributed by atoms with Crippen molar-refractivity contribution in [1.82, 2.24) is 4.72 Å². The summed E-state index contributed by atoms with van der Waals surface area (Å²) >= 11 is 0. The first-order valence-electron chi connectivity index (χ1n) is 5.54. The first kappa shape index (κ1) is 14.6. The van der Waals surface area contributed by atoms with Crippen LogP contribution in [0.3, 0.4) is 0 Å². The number of aliphatic hydroxyl groups excluding tert-OH is 1. The molecule has 0 saturated carbocycles. The Balaban J connectivity index is 2.96. The third kappa shape index (κ3) is 3.53. The molecule has 2 N–H and O–H groups in total. The third-order valence-electron chi connectivity index (χ3n) is 2.60. The van der Waals surface area contributed by atoms with Crippen LogP contribution in [0.2, 0.25) is 0 Å². The van der Waals surface area contributed by atoms with Crippen molar-refractivity contribution in [3.63, 3.8) is 0 Å². The highest BCUT2D eigenvalue weighted by molar-refractivity contribution is 7.89. The minimum absolute atomic E-state index is 0.0110. The van der Waals surface area contributed by atoms with E-state index in [-0.39, 0.29) is 17.4 Å². The van der Waals surface area contributed by atoms with E-state index in [2.05, 4.69) is 4.72 Å². The molecule has 0 unspecified atom stereocenters. The average Bonchev–Trinajstić information content (AvgIpc) is 2.35. The minimum Gasteiger partial charge on any atom is -0.395 e. The fourth-order valence-electron chi connectivity index (χ4n) is 1.36. The number of benzene rings is 1. The Bertz CT molecular complexity index is 529. The molecule has 0 aromatic heterocycles. The van der Waals surface area contributed by atoms with Crippen LogP contribution in [0.5, 0.6) is 0 Å². The second-order valence-corrected chi connectivity index (χ2v) is 6.00. The molecule has 0 aliphatic carbocycles. The van der Waals surface area contributed by atoms with Gasteiger partial charge in [0, 0.05) is 6.04 Å². The van der Waals surface area contributed by atoms with Crippen molar-refractivity contribution < 1.29 is 13.5 Å².